The van der Waals surface area contributed by atoms with E-state index in [2.05, 4.69) is 14.9 Å². The Morgan fingerprint density at radius 3 is 2.61 bits per heavy atom. The average molecular weight is 271 g/mol. The minimum absolute atomic E-state index is 0.416. The smallest absolute Gasteiger partial charge is 0.357 e. The van der Waals surface area contributed by atoms with E-state index >= 15 is 0 Å². The van der Waals surface area contributed by atoms with E-state index in [-0.39, 0.29) is 0 Å². The molecule has 1 saturated heterocycles. The number of piperazine rings is 1. The lowest BCUT2D eigenvalue weighted by atomic mass is 10.1. The molecule has 6 nitrogen and oxygen atoms in total. The Hall–Kier alpha value is -1.31. The molecular weight excluding hydrogens is 254 g/mol. The van der Waals surface area contributed by atoms with Crippen molar-refractivity contribution in [1.82, 2.24) is 5.32 Å². The maximum Gasteiger partial charge on any atom is 0.357 e. The van der Waals surface area contributed by atoms with Crippen LogP contribution in [0.3, 0.4) is 0 Å². The molecule has 7 heteroatoms. The second-order valence-electron chi connectivity index (χ2n) is 4.33. The molecule has 0 spiro atoms. The van der Waals surface area contributed by atoms with Gasteiger partial charge in [0.15, 0.2) is 0 Å². The van der Waals surface area contributed by atoms with Crippen LogP contribution in [0.1, 0.15) is 5.56 Å². The Balaban J connectivity index is 2.33. The van der Waals surface area contributed by atoms with E-state index in [0.717, 1.165) is 37.4 Å². The minimum Gasteiger partial charge on any atom is -0.367 e. The molecule has 0 atom stereocenters. The van der Waals surface area contributed by atoms with E-state index in [9.17, 15) is 8.42 Å². The summed E-state index contributed by atoms with van der Waals surface area (Å²) in [6.45, 7) is 5.21. The molecule has 1 aliphatic rings. The number of hydrogen-bond donors (Lipinski definition) is 3. The summed E-state index contributed by atoms with van der Waals surface area (Å²) in [6, 6.07) is 5.51. The van der Waals surface area contributed by atoms with Crippen LogP contribution < -0.4 is 14.9 Å². The van der Waals surface area contributed by atoms with Gasteiger partial charge >= 0.3 is 10.3 Å². The van der Waals surface area contributed by atoms with E-state index in [4.69, 9.17) is 4.55 Å². The van der Waals surface area contributed by atoms with Crippen molar-refractivity contribution in [3.05, 3.63) is 23.8 Å². The Morgan fingerprint density at radius 2 is 2.00 bits per heavy atom. The van der Waals surface area contributed by atoms with Crippen LogP contribution in [0.4, 0.5) is 11.4 Å². The molecule has 100 valence electrons. The van der Waals surface area contributed by atoms with Gasteiger partial charge in [-0.25, -0.2) is 0 Å². The van der Waals surface area contributed by atoms with Crippen molar-refractivity contribution in [2.24, 2.45) is 0 Å². The lowest BCUT2D eigenvalue weighted by molar-refractivity contribution is 0.489. The highest BCUT2D eigenvalue weighted by atomic mass is 32.2. The third-order valence-electron chi connectivity index (χ3n) is 2.85. The molecule has 1 aliphatic heterocycles. The Kier molecular flexibility index (Phi) is 3.74. The maximum atomic E-state index is 11.0. The molecular formula is C11H17N3O3S. The number of benzene rings is 1. The molecule has 0 aliphatic carbocycles. The predicted molar refractivity (Wildman–Crippen MR) is 71.4 cm³/mol. The summed E-state index contributed by atoms with van der Waals surface area (Å²) >= 11 is 0. The van der Waals surface area contributed by atoms with Crippen LogP contribution in [0.15, 0.2) is 18.2 Å². The number of anilines is 2. The van der Waals surface area contributed by atoms with E-state index < -0.39 is 10.3 Å². The zero-order valence-electron chi connectivity index (χ0n) is 10.2. The van der Waals surface area contributed by atoms with Crippen molar-refractivity contribution in [2.45, 2.75) is 6.92 Å². The van der Waals surface area contributed by atoms with Crippen molar-refractivity contribution in [2.75, 3.05) is 35.8 Å². The zero-order valence-corrected chi connectivity index (χ0v) is 11.0. The first-order valence-electron chi connectivity index (χ1n) is 5.77. The fraction of sp³-hybridized carbons (Fsp3) is 0.455. The van der Waals surface area contributed by atoms with Gasteiger partial charge in [0.1, 0.15) is 0 Å². The van der Waals surface area contributed by atoms with Gasteiger partial charge in [0, 0.05) is 26.2 Å². The minimum atomic E-state index is -4.25. The van der Waals surface area contributed by atoms with Gasteiger partial charge in [0.05, 0.1) is 11.4 Å². The highest BCUT2D eigenvalue weighted by molar-refractivity contribution is 7.87. The summed E-state index contributed by atoms with van der Waals surface area (Å²) in [5.41, 5.74) is 2.14. The summed E-state index contributed by atoms with van der Waals surface area (Å²) in [7, 11) is -4.25. The van der Waals surface area contributed by atoms with Crippen molar-refractivity contribution in [3.63, 3.8) is 0 Å². The highest BCUT2D eigenvalue weighted by Crippen LogP contribution is 2.28. The van der Waals surface area contributed by atoms with Crippen molar-refractivity contribution in [1.29, 1.82) is 0 Å². The topological polar surface area (TPSA) is 81.7 Å². The van der Waals surface area contributed by atoms with Crippen LogP contribution >= 0.6 is 0 Å². The van der Waals surface area contributed by atoms with Crippen molar-refractivity contribution < 1.29 is 13.0 Å². The first kappa shape index (κ1) is 13.1. The van der Waals surface area contributed by atoms with Gasteiger partial charge in [0.2, 0.25) is 0 Å². The molecule has 0 amide bonds. The average Bonchev–Trinajstić information content (AvgIpc) is 2.28. The van der Waals surface area contributed by atoms with Crippen LogP contribution in [0.25, 0.3) is 0 Å². The number of nitrogens with zero attached hydrogens (tertiary/aromatic N) is 1. The van der Waals surface area contributed by atoms with Gasteiger partial charge < -0.3 is 10.2 Å². The van der Waals surface area contributed by atoms with E-state index in [1.165, 1.54) is 0 Å². The normalized spacial score (nSPS) is 16.7. The maximum absolute atomic E-state index is 11.0. The molecule has 18 heavy (non-hydrogen) atoms. The standard InChI is InChI=1S/C11H17N3O3S/c1-9-2-3-11(14-6-4-12-5-7-14)10(8-9)13-18(15,16)17/h2-3,8,12-13H,4-7H2,1H3,(H,15,16,17). The number of rotatable bonds is 3. The monoisotopic (exact) mass is 271 g/mol. The van der Waals surface area contributed by atoms with Crippen LogP contribution in [-0.2, 0) is 10.3 Å². The molecule has 0 radical (unpaired) electrons. The van der Waals surface area contributed by atoms with Crippen LogP contribution in [0, 0.1) is 6.92 Å². The molecule has 1 aromatic rings. The highest BCUT2D eigenvalue weighted by Gasteiger charge is 2.16. The Morgan fingerprint density at radius 1 is 1.33 bits per heavy atom. The number of hydrogen-bond acceptors (Lipinski definition) is 4. The van der Waals surface area contributed by atoms with Crippen molar-refractivity contribution >= 4 is 21.7 Å². The molecule has 2 rings (SSSR count). The first-order valence-corrected chi connectivity index (χ1v) is 7.21. The largest absolute Gasteiger partial charge is 0.367 e. The Bertz CT molecular complexity index is 524. The summed E-state index contributed by atoms with van der Waals surface area (Å²) in [6.07, 6.45) is 0. The molecule has 0 unspecified atom stereocenters. The molecule has 1 heterocycles. The SMILES string of the molecule is Cc1ccc(N2CCNCC2)c(NS(=O)(=O)O)c1. The van der Waals surface area contributed by atoms with Crippen LogP contribution in [-0.4, -0.2) is 39.1 Å². The van der Waals surface area contributed by atoms with E-state index in [1.807, 2.05) is 19.1 Å². The lowest BCUT2D eigenvalue weighted by Crippen LogP contribution is -2.43. The summed E-state index contributed by atoms with van der Waals surface area (Å²) in [4.78, 5) is 2.09. The zero-order chi connectivity index (χ0) is 13.2. The predicted octanol–water partition coefficient (Wildman–Crippen LogP) is 0.619. The van der Waals surface area contributed by atoms with Gasteiger partial charge in [-0.2, -0.15) is 8.42 Å². The molecule has 0 saturated carbocycles. The van der Waals surface area contributed by atoms with Gasteiger partial charge in [-0.15, -0.1) is 0 Å². The first-order chi connectivity index (χ1) is 8.46. The van der Waals surface area contributed by atoms with Gasteiger partial charge in [-0.1, -0.05) is 6.07 Å². The summed E-state index contributed by atoms with van der Waals surface area (Å²) in [5, 5.41) is 3.23. The fourth-order valence-corrected chi connectivity index (χ4v) is 2.49. The van der Waals surface area contributed by atoms with E-state index in [1.54, 1.807) is 6.07 Å². The second-order valence-corrected chi connectivity index (χ2v) is 5.49. The fourth-order valence-electron chi connectivity index (χ4n) is 2.05. The Labute approximate surface area is 107 Å². The quantitative estimate of drug-likeness (QED) is 0.702. The molecule has 0 aromatic heterocycles. The molecule has 3 N–H and O–H groups in total. The van der Waals surface area contributed by atoms with Crippen LogP contribution in [0.5, 0.6) is 0 Å². The summed E-state index contributed by atoms with van der Waals surface area (Å²) < 4.78 is 33.0. The van der Waals surface area contributed by atoms with Crippen molar-refractivity contribution in [3.8, 4) is 0 Å². The van der Waals surface area contributed by atoms with Crippen LogP contribution in [0.2, 0.25) is 0 Å². The van der Waals surface area contributed by atoms with Gasteiger partial charge in [-0.3, -0.25) is 9.27 Å². The third-order valence-corrected chi connectivity index (χ3v) is 3.33. The molecule has 0 bridgehead atoms. The third kappa shape index (κ3) is 3.34. The van der Waals surface area contributed by atoms with Gasteiger partial charge in [-0.05, 0) is 24.6 Å². The summed E-state index contributed by atoms with van der Waals surface area (Å²) in [5.74, 6) is 0. The number of aryl methyl sites for hydroxylation is 1. The lowest BCUT2D eigenvalue weighted by Gasteiger charge is -2.31. The second kappa shape index (κ2) is 5.13. The van der Waals surface area contributed by atoms with Gasteiger partial charge in [0.25, 0.3) is 0 Å². The van der Waals surface area contributed by atoms with E-state index in [0.29, 0.717) is 5.69 Å². The number of nitrogens with one attached hydrogen (secondary N) is 2. The molecule has 1 aromatic carbocycles. The molecule has 1 fully saturated rings.